The summed E-state index contributed by atoms with van der Waals surface area (Å²) in [5, 5.41) is 3.64. The number of aryl methyl sites for hydroxylation is 1. The fraction of sp³-hybridized carbons (Fsp3) is 0.333. The maximum atomic E-state index is 3.64. The minimum atomic E-state index is 0.686. The maximum absolute atomic E-state index is 3.64. The van der Waals surface area contributed by atoms with E-state index in [9.17, 15) is 0 Å². The molecular formula is C18H21N. The maximum Gasteiger partial charge on any atom is 0.0372 e. The zero-order valence-electron chi connectivity index (χ0n) is 11.5. The lowest BCUT2D eigenvalue weighted by Gasteiger charge is -2.30. The first-order valence-electron chi connectivity index (χ1n) is 7.28. The van der Waals surface area contributed by atoms with Gasteiger partial charge in [-0.25, -0.2) is 0 Å². The van der Waals surface area contributed by atoms with E-state index in [2.05, 4.69) is 60.8 Å². The first-order valence-corrected chi connectivity index (χ1v) is 7.28. The second-order valence-corrected chi connectivity index (χ2v) is 5.39. The Morgan fingerprint density at radius 1 is 1.05 bits per heavy atom. The molecule has 0 bridgehead atoms. The average molecular weight is 251 g/mol. The predicted octanol–water partition coefficient (Wildman–Crippen LogP) is 4.39. The summed E-state index contributed by atoms with van der Waals surface area (Å²) in [4.78, 5) is 0. The number of rotatable bonds is 5. The van der Waals surface area contributed by atoms with Crippen molar-refractivity contribution in [3.8, 4) is 0 Å². The van der Waals surface area contributed by atoms with Crippen molar-refractivity contribution in [1.82, 2.24) is 0 Å². The predicted molar refractivity (Wildman–Crippen MR) is 81.8 cm³/mol. The van der Waals surface area contributed by atoms with Crippen LogP contribution in [0.25, 0.3) is 0 Å². The number of para-hydroxylation sites is 1. The summed E-state index contributed by atoms with van der Waals surface area (Å²) >= 11 is 0. The highest BCUT2D eigenvalue weighted by atomic mass is 14.9. The second-order valence-electron chi connectivity index (χ2n) is 5.39. The van der Waals surface area contributed by atoms with Crippen molar-refractivity contribution in [2.24, 2.45) is 0 Å². The van der Waals surface area contributed by atoms with E-state index in [1.807, 2.05) is 0 Å². The Morgan fingerprint density at radius 2 is 1.84 bits per heavy atom. The largest absolute Gasteiger partial charge is 0.384 e. The number of fused-ring (bicyclic) bond motifs is 1. The molecule has 0 aromatic heterocycles. The molecule has 3 rings (SSSR count). The lowest BCUT2D eigenvalue weighted by molar-refractivity contribution is 0.635. The van der Waals surface area contributed by atoms with Gasteiger partial charge in [0.05, 0.1) is 0 Å². The molecule has 98 valence electrons. The fourth-order valence-electron chi connectivity index (χ4n) is 2.96. The minimum absolute atomic E-state index is 0.686. The van der Waals surface area contributed by atoms with Gasteiger partial charge in [-0.3, -0.25) is 0 Å². The van der Waals surface area contributed by atoms with Gasteiger partial charge in [0.2, 0.25) is 0 Å². The van der Waals surface area contributed by atoms with Gasteiger partial charge in [-0.1, -0.05) is 55.8 Å². The number of benzene rings is 2. The van der Waals surface area contributed by atoms with Crippen LogP contribution in [0.3, 0.4) is 0 Å². The van der Waals surface area contributed by atoms with Gasteiger partial charge in [0, 0.05) is 18.2 Å². The lowest BCUT2D eigenvalue weighted by Crippen LogP contribution is -2.24. The van der Waals surface area contributed by atoms with E-state index < -0.39 is 0 Å². The summed E-state index contributed by atoms with van der Waals surface area (Å²) in [7, 11) is 0. The Kier molecular flexibility index (Phi) is 3.54. The first-order chi connectivity index (χ1) is 9.38. The molecule has 1 aliphatic rings. The molecule has 0 spiro atoms. The molecule has 0 radical (unpaired) electrons. The zero-order valence-corrected chi connectivity index (χ0v) is 11.5. The zero-order chi connectivity index (χ0) is 13.1. The van der Waals surface area contributed by atoms with E-state index in [1.54, 1.807) is 0 Å². The van der Waals surface area contributed by atoms with Gasteiger partial charge in [-0.2, -0.15) is 0 Å². The topological polar surface area (TPSA) is 12.0 Å². The lowest BCUT2D eigenvalue weighted by atomic mass is 9.77. The van der Waals surface area contributed by atoms with Crippen LogP contribution in [0.2, 0.25) is 0 Å². The SMILES string of the molecule is CCCc1ccccc1NCC1Cc2ccccc21. The van der Waals surface area contributed by atoms with Crippen LogP contribution in [-0.4, -0.2) is 6.54 Å². The summed E-state index contributed by atoms with van der Waals surface area (Å²) in [5.74, 6) is 0.686. The van der Waals surface area contributed by atoms with Gasteiger partial charge >= 0.3 is 0 Å². The van der Waals surface area contributed by atoms with Gasteiger partial charge in [-0.15, -0.1) is 0 Å². The Bertz CT molecular complexity index is 559. The van der Waals surface area contributed by atoms with E-state index in [0.29, 0.717) is 5.92 Å². The molecule has 1 aliphatic carbocycles. The molecule has 0 aliphatic heterocycles. The summed E-state index contributed by atoms with van der Waals surface area (Å²) in [5.41, 5.74) is 5.81. The van der Waals surface area contributed by atoms with Crippen LogP contribution in [0.5, 0.6) is 0 Å². The van der Waals surface area contributed by atoms with E-state index in [1.165, 1.54) is 35.2 Å². The van der Waals surface area contributed by atoms with E-state index in [-0.39, 0.29) is 0 Å². The third kappa shape index (κ3) is 2.51. The van der Waals surface area contributed by atoms with Crippen LogP contribution in [0.4, 0.5) is 5.69 Å². The molecule has 0 heterocycles. The monoisotopic (exact) mass is 251 g/mol. The Balaban J connectivity index is 1.65. The third-order valence-electron chi connectivity index (χ3n) is 4.04. The van der Waals surface area contributed by atoms with Gasteiger partial charge < -0.3 is 5.32 Å². The summed E-state index contributed by atoms with van der Waals surface area (Å²) in [6.07, 6.45) is 3.58. The molecule has 2 aromatic rings. The minimum Gasteiger partial charge on any atom is -0.384 e. The highest BCUT2D eigenvalue weighted by molar-refractivity contribution is 5.52. The third-order valence-corrected chi connectivity index (χ3v) is 4.04. The molecule has 0 saturated carbocycles. The van der Waals surface area contributed by atoms with Crippen LogP contribution in [0.15, 0.2) is 48.5 Å². The van der Waals surface area contributed by atoms with Gasteiger partial charge in [0.1, 0.15) is 0 Å². The van der Waals surface area contributed by atoms with Crippen molar-refractivity contribution >= 4 is 5.69 Å². The molecule has 2 aromatic carbocycles. The van der Waals surface area contributed by atoms with E-state index in [4.69, 9.17) is 0 Å². The number of hydrogen-bond donors (Lipinski definition) is 1. The van der Waals surface area contributed by atoms with Crippen molar-refractivity contribution in [1.29, 1.82) is 0 Å². The van der Waals surface area contributed by atoms with E-state index in [0.717, 1.165) is 13.0 Å². The second kappa shape index (κ2) is 5.48. The van der Waals surface area contributed by atoms with Crippen LogP contribution < -0.4 is 5.32 Å². The highest BCUT2D eigenvalue weighted by Gasteiger charge is 2.24. The molecule has 1 N–H and O–H groups in total. The molecule has 1 heteroatoms. The molecule has 0 amide bonds. The van der Waals surface area contributed by atoms with Crippen molar-refractivity contribution < 1.29 is 0 Å². The van der Waals surface area contributed by atoms with Crippen LogP contribution in [0.1, 0.15) is 36.0 Å². The Labute approximate surface area is 115 Å². The van der Waals surface area contributed by atoms with Crippen LogP contribution >= 0.6 is 0 Å². The van der Waals surface area contributed by atoms with Crippen molar-refractivity contribution in [3.05, 3.63) is 65.2 Å². The Morgan fingerprint density at radius 3 is 2.68 bits per heavy atom. The summed E-state index contributed by atoms with van der Waals surface area (Å²) in [6, 6.07) is 17.5. The molecule has 1 unspecified atom stereocenters. The molecule has 1 atom stereocenters. The normalized spacial score (nSPS) is 16.6. The highest BCUT2D eigenvalue weighted by Crippen LogP contribution is 2.35. The molecule has 1 nitrogen and oxygen atoms in total. The quantitative estimate of drug-likeness (QED) is 0.831. The molecule has 19 heavy (non-hydrogen) atoms. The van der Waals surface area contributed by atoms with E-state index >= 15 is 0 Å². The average Bonchev–Trinajstić information content (AvgIpc) is 2.42. The van der Waals surface area contributed by atoms with Gasteiger partial charge in [-0.05, 0) is 35.6 Å². The molecule has 0 fully saturated rings. The fourth-order valence-corrected chi connectivity index (χ4v) is 2.96. The first kappa shape index (κ1) is 12.3. The van der Waals surface area contributed by atoms with Crippen molar-refractivity contribution in [3.63, 3.8) is 0 Å². The van der Waals surface area contributed by atoms with Gasteiger partial charge in [0.25, 0.3) is 0 Å². The van der Waals surface area contributed by atoms with Crippen molar-refractivity contribution in [2.75, 3.05) is 11.9 Å². The molecule has 0 saturated heterocycles. The summed E-state index contributed by atoms with van der Waals surface area (Å²) in [6.45, 7) is 3.29. The number of hydrogen-bond acceptors (Lipinski definition) is 1. The van der Waals surface area contributed by atoms with Gasteiger partial charge in [0.15, 0.2) is 0 Å². The molecular weight excluding hydrogens is 230 g/mol. The summed E-state index contributed by atoms with van der Waals surface area (Å²) < 4.78 is 0. The van der Waals surface area contributed by atoms with Crippen LogP contribution in [0, 0.1) is 0 Å². The number of anilines is 1. The van der Waals surface area contributed by atoms with Crippen LogP contribution in [-0.2, 0) is 12.8 Å². The standard InChI is InChI=1S/C18H21N/c1-2-7-14-8-4-6-11-18(14)19-13-16-12-15-9-3-5-10-17(15)16/h3-6,8-11,16,19H,2,7,12-13H2,1H3. The smallest absolute Gasteiger partial charge is 0.0372 e. The van der Waals surface area contributed by atoms with Crippen molar-refractivity contribution in [2.45, 2.75) is 32.1 Å². The number of nitrogens with one attached hydrogen (secondary N) is 1. The Hall–Kier alpha value is -1.76.